The number of aryl methyl sites for hydroxylation is 1. The molecule has 0 saturated heterocycles. The Morgan fingerprint density at radius 3 is 2.85 bits per heavy atom. The summed E-state index contributed by atoms with van der Waals surface area (Å²) in [6.45, 7) is 3.61. The fraction of sp³-hybridized carbons (Fsp3) is 0.294. The van der Waals surface area contributed by atoms with Gasteiger partial charge in [-0.2, -0.15) is 5.10 Å². The first-order chi connectivity index (χ1) is 12.5. The second-order valence-corrected chi connectivity index (χ2v) is 5.70. The maximum absolute atomic E-state index is 12.1. The molecule has 0 aliphatic rings. The Morgan fingerprint density at radius 2 is 2.15 bits per heavy atom. The number of amides is 1. The third-order valence-electron chi connectivity index (χ3n) is 3.84. The second kappa shape index (κ2) is 7.26. The van der Waals surface area contributed by atoms with Crippen LogP contribution in [0.2, 0.25) is 0 Å². The predicted molar refractivity (Wildman–Crippen MR) is 93.0 cm³/mol. The van der Waals surface area contributed by atoms with E-state index < -0.39 is 17.4 Å². The molecule has 0 aliphatic heterocycles. The van der Waals surface area contributed by atoms with Crippen molar-refractivity contribution in [2.75, 3.05) is 0 Å². The minimum atomic E-state index is -0.792. The summed E-state index contributed by atoms with van der Waals surface area (Å²) >= 11 is 0. The highest BCUT2D eigenvalue weighted by Gasteiger charge is 2.16. The maximum Gasteiger partial charge on any atom is 0.340 e. The Kier molecular flexibility index (Phi) is 4.87. The number of ether oxygens (including phenoxy) is 1. The molecule has 1 amide bonds. The van der Waals surface area contributed by atoms with Gasteiger partial charge in [0.15, 0.2) is 6.10 Å². The minimum absolute atomic E-state index is 0.0672. The topological polar surface area (TPSA) is 130 Å². The Hall–Kier alpha value is -3.36. The van der Waals surface area contributed by atoms with Crippen LogP contribution in [0.5, 0.6) is 5.75 Å². The Balaban J connectivity index is 1.70. The Morgan fingerprint density at radius 1 is 1.35 bits per heavy atom. The summed E-state index contributed by atoms with van der Waals surface area (Å²) in [5.41, 5.74) is 0.433. The minimum Gasteiger partial charge on any atom is -0.481 e. The van der Waals surface area contributed by atoms with Gasteiger partial charge >= 0.3 is 11.3 Å². The van der Waals surface area contributed by atoms with Crippen LogP contribution in [0.15, 0.2) is 38.3 Å². The molecule has 0 unspecified atom stereocenters. The van der Waals surface area contributed by atoms with Gasteiger partial charge in [-0.25, -0.2) is 14.7 Å². The van der Waals surface area contributed by atoms with Crippen molar-refractivity contribution in [1.82, 2.24) is 20.5 Å². The van der Waals surface area contributed by atoms with Crippen LogP contribution in [-0.2, 0) is 17.8 Å². The number of carbonyl (C=O) groups excluding carboxylic acids is 1. The van der Waals surface area contributed by atoms with Crippen molar-refractivity contribution in [2.45, 2.75) is 32.9 Å². The average Bonchev–Trinajstić information content (AvgIpc) is 3.03. The number of carbonyl (C=O) groups is 1. The molecule has 0 bridgehead atoms. The van der Waals surface area contributed by atoms with Crippen molar-refractivity contribution in [3.8, 4) is 5.75 Å². The SMILES string of the molecule is CCc1cc(=O)oc2cc(O[C@@H](C)C(=O)NCc3n[nH]c(=O)[nH]3)ccc12. The summed E-state index contributed by atoms with van der Waals surface area (Å²) in [6.07, 6.45) is -0.0877. The molecule has 1 aromatic carbocycles. The molecule has 26 heavy (non-hydrogen) atoms. The summed E-state index contributed by atoms with van der Waals surface area (Å²) in [6, 6.07) is 6.57. The number of aromatic amines is 2. The van der Waals surface area contributed by atoms with Gasteiger partial charge in [-0.15, -0.1) is 0 Å². The second-order valence-electron chi connectivity index (χ2n) is 5.70. The van der Waals surface area contributed by atoms with Crippen molar-refractivity contribution in [2.24, 2.45) is 0 Å². The lowest BCUT2D eigenvalue weighted by Gasteiger charge is -2.14. The van der Waals surface area contributed by atoms with Gasteiger partial charge in [-0.1, -0.05) is 6.92 Å². The average molecular weight is 358 g/mol. The van der Waals surface area contributed by atoms with Gasteiger partial charge in [0.05, 0.1) is 6.54 Å². The zero-order valence-electron chi connectivity index (χ0n) is 14.3. The highest BCUT2D eigenvalue weighted by Crippen LogP contribution is 2.23. The van der Waals surface area contributed by atoms with Crippen molar-refractivity contribution in [3.63, 3.8) is 0 Å². The molecular weight excluding hydrogens is 340 g/mol. The predicted octanol–water partition coefficient (Wildman–Crippen LogP) is 0.851. The Bertz CT molecular complexity index is 1050. The first-order valence-electron chi connectivity index (χ1n) is 8.11. The molecule has 2 heterocycles. The fourth-order valence-electron chi connectivity index (χ4n) is 2.54. The van der Waals surface area contributed by atoms with E-state index in [1.54, 1.807) is 25.1 Å². The van der Waals surface area contributed by atoms with E-state index in [1.165, 1.54) is 6.07 Å². The molecule has 3 rings (SSSR count). The van der Waals surface area contributed by atoms with Crippen molar-refractivity contribution in [3.05, 3.63) is 56.6 Å². The van der Waals surface area contributed by atoms with E-state index in [4.69, 9.17) is 9.15 Å². The van der Waals surface area contributed by atoms with Gasteiger partial charge in [0, 0.05) is 17.5 Å². The number of H-pyrrole nitrogens is 2. The van der Waals surface area contributed by atoms with Gasteiger partial charge in [0.1, 0.15) is 17.2 Å². The van der Waals surface area contributed by atoms with E-state index in [1.807, 2.05) is 6.92 Å². The van der Waals surface area contributed by atoms with Gasteiger partial charge in [-0.05, 0) is 31.0 Å². The van der Waals surface area contributed by atoms with Crippen molar-refractivity contribution < 1.29 is 13.9 Å². The number of hydrogen-bond donors (Lipinski definition) is 3. The zero-order valence-corrected chi connectivity index (χ0v) is 14.3. The van der Waals surface area contributed by atoms with Crippen molar-refractivity contribution >= 4 is 16.9 Å². The molecule has 1 atom stereocenters. The fourth-order valence-corrected chi connectivity index (χ4v) is 2.54. The molecule has 0 spiro atoms. The lowest BCUT2D eigenvalue weighted by atomic mass is 10.1. The summed E-state index contributed by atoms with van der Waals surface area (Å²) in [4.78, 5) is 37.1. The normalized spacial score (nSPS) is 12.1. The number of nitrogens with one attached hydrogen (secondary N) is 3. The molecular formula is C17H18N4O5. The Labute approximate surface area is 147 Å². The molecule has 9 nitrogen and oxygen atoms in total. The molecule has 0 aliphatic carbocycles. The lowest BCUT2D eigenvalue weighted by Crippen LogP contribution is -2.36. The molecule has 3 N–H and O–H groups in total. The number of aromatic nitrogens is 3. The number of fused-ring (bicyclic) bond motifs is 1. The molecule has 9 heteroatoms. The monoisotopic (exact) mass is 358 g/mol. The van der Waals surface area contributed by atoms with Gasteiger partial charge in [0.2, 0.25) is 0 Å². The van der Waals surface area contributed by atoms with E-state index in [0.29, 0.717) is 23.6 Å². The summed E-state index contributed by atoms with van der Waals surface area (Å²) in [5, 5.41) is 9.35. The third kappa shape index (κ3) is 3.82. The molecule has 3 aromatic rings. The smallest absolute Gasteiger partial charge is 0.340 e. The number of nitrogens with zero attached hydrogens (tertiary/aromatic N) is 1. The highest BCUT2D eigenvalue weighted by molar-refractivity contribution is 5.82. The van der Waals surface area contributed by atoms with Crippen molar-refractivity contribution in [1.29, 1.82) is 0 Å². The summed E-state index contributed by atoms with van der Waals surface area (Å²) in [7, 11) is 0. The molecule has 0 radical (unpaired) electrons. The van der Waals surface area contributed by atoms with Gasteiger partial charge in [-0.3, -0.25) is 9.78 Å². The molecule has 136 valence electrons. The standard InChI is InChI=1S/C17H18N4O5/c1-3-10-6-15(22)26-13-7-11(4-5-12(10)13)25-9(2)16(23)18-8-14-19-17(24)21-20-14/h4-7,9H,3,8H2,1-2H3,(H,18,23)(H2,19,20,21,24)/t9-/m0/s1. The number of hydrogen-bond acceptors (Lipinski definition) is 6. The lowest BCUT2D eigenvalue weighted by molar-refractivity contribution is -0.127. The first-order valence-corrected chi connectivity index (χ1v) is 8.11. The van der Waals surface area contributed by atoms with Crippen LogP contribution < -0.4 is 21.4 Å². The van der Waals surface area contributed by atoms with Crippen LogP contribution in [0, 0.1) is 0 Å². The molecule has 0 saturated carbocycles. The maximum atomic E-state index is 12.1. The summed E-state index contributed by atoms with van der Waals surface area (Å²) in [5.74, 6) is 0.345. The largest absolute Gasteiger partial charge is 0.481 e. The zero-order chi connectivity index (χ0) is 18.7. The third-order valence-corrected chi connectivity index (χ3v) is 3.84. The van der Waals surface area contributed by atoms with E-state index in [2.05, 4.69) is 20.5 Å². The summed E-state index contributed by atoms with van der Waals surface area (Å²) < 4.78 is 10.8. The highest BCUT2D eigenvalue weighted by atomic mass is 16.5. The quantitative estimate of drug-likeness (QED) is 0.560. The van der Waals surface area contributed by atoms with Crippen LogP contribution in [-0.4, -0.2) is 27.2 Å². The van der Waals surface area contributed by atoms with E-state index in [-0.39, 0.29) is 12.5 Å². The van der Waals surface area contributed by atoms with Crippen LogP contribution in [0.1, 0.15) is 25.2 Å². The van der Waals surface area contributed by atoms with Crippen LogP contribution in [0.3, 0.4) is 0 Å². The van der Waals surface area contributed by atoms with Gasteiger partial charge in [0.25, 0.3) is 5.91 Å². The first kappa shape index (κ1) is 17.5. The molecule has 2 aromatic heterocycles. The number of rotatable bonds is 6. The van der Waals surface area contributed by atoms with E-state index in [9.17, 15) is 14.4 Å². The number of benzene rings is 1. The van der Waals surface area contributed by atoms with Crippen LogP contribution in [0.25, 0.3) is 11.0 Å². The van der Waals surface area contributed by atoms with Crippen LogP contribution in [0.4, 0.5) is 0 Å². The van der Waals surface area contributed by atoms with E-state index >= 15 is 0 Å². The van der Waals surface area contributed by atoms with Crippen LogP contribution >= 0.6 is 0 Å². The van der Waals surface area contributed by atoms with Gasteiger partial charge < -0.3 is 14.5 Å². The van der Waals surface area contributed by atoms with E-state index in [0.717, 1.165) is 10.9 Å². The molecule has 0 fully saturated rings.